The van der Waals surface area contributed by atoms with Crippen molar-refractivity contribution in [2.45, 2.75) is 26.2 Å². The Kier molecular flexibility index (Phi) is 5.46. The smallest absolute Gasteiger partial charge is 0.130 e. The van der Waals surface area contributed by atoms with Crippen LogP contribution in [0, 0.1) is 0 Å². The van der Waals surface area contributed by atoms with Crippen molar-refractivity contribution in [2.24, 2.45) is 0 Å². The molecule has 0 heterocycles. The molecule has 0 nitrogen and oxygen atoms in total. The number of benzene rings is 1. The molecule has 1 rings (SSSR count). The molecule has 1 aromatic rings. The molecule has 0 spiro atoms. The lowest BCUT2D eigenvalue weighted by Crippen LogP contribution is -1.74. The summed E-state index contributed by atoms with van der Waals surface area (Å²) in [4.78, 5) is 0. The summed E-state index contributed by atoms with van der Waals surface area (Å²) in [5.74, 6) is -0.177. The first-order valence-electron chi connectivity index (χ1n) is 5.42. The lowest BCUT2D eigenvalue weighted by Gasteiger charge is -1.94. The third kappa shape index (κ3) is 4.59. The van der Waals surface area contributed by atoms with Crippen LogP contribution in [0.2, 0.25) is 0 Å². The van der Waals surface area contributed by atoms with Gasteiger partial charge in [0.1, 0.15) is 5.83 Å². The Hall–Kier alpha value is -1.37. The van der Waals surface area contributed by atoms with Crippen LogP contribution in [0.3, 0.4) is 0 Å². The van der Waals surface area contributed by atoms with Gasteiger partial charge in [-0.2, -0.15) is 0 Å². The van der Waals surface area contributed by atoms with Gasteiger partial charge in [0.25, 0.3) is 0 Å². The second kappa shape index (κ2) is 6.99. The second-order valence-electron chi connectivity index (χ2n) is 3.45. The van der Waals surface area contributed by atoms with E-state index in [0.29, 0.717) is 5.56 Å². The van der Waals surface area contributed by atoms with Gasteiger partial charge in [0.05, 0.1) is 0 Å². The number of rotatable bonds is 5. The zero-order chi connectivity index (χ0) is 10.9. The molecule has 0 unspecified atom stereocenters. The van der Waals surface area contributed by atoms with Crippen LogP contribution in [-0.2, 0) is 0 Å². The van der Waals surface area contributed by atoms with E-state index < -0.39 is 0 Å². The highest BCUT2D eigenvalue weighted by Gasteiger charge is 1.95. The molecular formula is C14H17F. The monoisotopic (exact) mass is 204 g/mol. The van der Waals surface area contributed by atoms with Gasteiger partial charge in [0, 0.05) is 5.56 Å². The SMILES string of the molecule is CCCC/C=C/C=C(\F)c1ccccc1. The summed E-state index contributed by atoms with van der Waals surface area (Å²) in [5, 5.41) is 0. The van der Waals surface area contributed by atoms with Crippen molar-refractivity contribution in [2.75, 3.05) is 0 Å². The van der Waals surface area contributed by atoms with Crippen LogP contribution in [0.4, 0.5) is 4.39 Å². The molecular weight excluding hydrogens is 187 g/mol. The normalized spacial score (nSPS) is 12.3. The van der Waals surface area contributed by atoms with E-state index in [1.807, 2.05) is 24.3 Å². The van der Waals surface area contributed by atoms with Crippen LogP contribution in [0.1, 0.15) is 31.7 Å². The molecule has 0 amide bonds. The minimum absolute atomic E-state index is 0.177. The molecule has 0 aliphatic heterocycles. The maximum absolute atomic E-state index is 13.5. The lowest BCUT2D eigenvalue weighted by molar-refractivity contribution is 0.760. The van der Waals surface area contributed by atoms with Gasteiger partial charge in [-0.15, -0.1) is 0 Å². The summed E-state index contributed by atoms with van der Waals surface area (Å²) in [6, 6.07) is 9.10. The summed E-state index contributed by atoms with van der Waals surface area (Å²) in [6.07, 6.45) is 8.68. The number of unbranched alkanes of at least 4 members (excludes halogenated alkanes) is 2. The third-order valence-electron chi connectivity index (χ3n) is 2.15. The maximum atomic E-state index is 13.5. The molecule has 0 aromatic heterocycles. The average Bonchev–Trinajstić information content (AvgIpc) is 2.30. The van der Waals surface area contributed by atoms with E-state index in [1.54, 1.807) is 18.2 Å². The van der Waals surface area contributed by atoms with E-state index in [-0.39, 0.29) is 5.83 Å². The Balaban J connectivity index is 2.50. The predicted octanol–water partition coefficient (Wildman–Crippen LogP) is 4.74. The van der Waals surface area contributed by atoms with Gasteiger partial charge < -0.3 is 0 Å². The molecule has 0 aliphatic carbocycles. The zero-order valence-corrected chi connectivity index (χ0v) is 9.12. The second-order valence-corrected chi connectivity index (χ2v) is 3.45. The minimum atomic E-state index is -0.177. The first-order chi connectivity index (χ1) is 7.34. The van der Waals surface area contributed by atoms with Gasteiger partial charge in [-0.1, -0.05) is 62.2 Å². The topological polar surface area (TPSA) is 0 Å². The average molecular weight is 204 g/mol. The van der Waals surface area contributed by atoms with Crippen LogP contribution in [0.5, 0.6) is 0 Å². The van der Waals surface area contributed by atoms with Gasteiger partial charge in [-0.05, 0) is 12.5 Å². The summed E-state index contributed by atoms with van der Waals surface area (Å²) in [5.41, 5.74) is 0.637. The van der Waals surface area contributed by atoms with Crippen LogP contribution < -0.4 is 0 Å². The number of allylic oxidation sites excluding steroid dienone is 3. The van der Waals surface area contributed by atoms with Gasteiger partial charge in [-0.25, -0.2) is 4.39 Å². The number of hydrogen-bond donors (Lipinski definition) is 0. The molecule has 0 N–H and O–H groups in total. The van der Waals surface area contributed by atoms with Gasteiger partial charge in [0.2, 0.25) is 0 Å². The molecule has 0 aliphatic rings. The van der Waals surface area contributed by atoms with E-state index in [0.717, 1.165) is 12.8 Å². The van der Waals surface area contributed by atoms with Crippen LogP contribution in [0.15, 0.2) is 48.6 Å². The van der Waals surface area contributed by atoms with E-state index >= 15 is 0 Å². The summed E-state index contributed by atoms with van der Waals surface area (Å²) in [6.45, 7) is 2.15. The van der Waals surface area contributed by atoms with Crippen molar-refractivity contribution in [3.63, 3.8) is 0 Å². The highest BCUT2D eigenvalue weighted by molar-refractivity contribution is 5.60. The molecule has 15 heavy (non-hydrogen) atoms. The van der Waals surface area contributed by atoms with E-state index in [2.05, 4.69) is 6.92 Å². The Morgan fingerprint density at radius 3 is 2.67 bits per heavy atom. The van der Waals surface area contributed by atoms with Crippen LogP contribution in [0.25, 0.3) is 5.83 Å². The summed E-state index contributed by atoms with van der Waals surface area (Å²) in [7, 11) is 0. The Morgan fingerprint density at radius 2 is 2.00 bits per heavy atom. The minimum Gasteiger partial charge on any atom is -0.206 e. The highest BCUT2D eigenvalue weighted by Crippen LogP contribution is 2.14. The molecule has 0 radical (unpaired) electrons. The highest BCUT2D eigenvalue weighted by atomic mass is 19.1. The molecule has 80 valence electrons. The molecule has 1 aromatic carbocycles. The number of hydrogen-bond acceptors (Lipinski definition) is 0. The van der Waals surface area contributed by atoms with E-state index in [4.69, 9.17) is 0 Å². The van der Waals surface area contributed by atoms with Gasteiger partial charge >= 0.3 is 0 Å². The quantitative estimate of drug-likeness (QED) is 0.480. The van der Waals surface area contributed by atoms with E-state index in [1.165, 1.54) is 12.5 Å². The van der Waals surface area contributed by atoms with Crippen LogP contribution in [-0.4, -0.2) is 0 Å². The predicted molar refractivity (Wildman–Crippen MR) is 64.2 cm³/mol. The lowest BCUT2D eigenvalue weighted by atomic mass is 10.2. The third-order valence-corrected chi connectivity index (χ3v) is 2.15. The van der Waals surface area contributed by atoms with Crippen molar-refractivity contribution in [3.05, 3.63) is 54.1 Å². The maximum Gasteiger partial charge on any atom is 0.130 e. The molecule has 0 saturated carbocycles. The fourth-order valence-electron chi connectivity index (χ4n) is 1.26. The van der Waals surface area contributed by atoms with Gasteiger partial charge in [-0.3, -0.25) is 0 Å². The number of halogens is 1. The fourth-order valence-corrected chi connectivity index (χ4v) is 1.26. The van der Waals surface area contributed by atoms with Crippen molar-refractivity contribution in [1.29, 1.82) is 0 Å². The first-order valence-corrected chi connectivity index (χ1v) is 5.42. The van der Waals surface area contributed by atoms with Crippen LogP contribution >= 0.6 is 0 Å². The van der Waals surface area contributed by atoms with Crippen molar-refractivity contribution in [3.8, 4) is 0 Å². The first kappa shape index (κ1) is 11.7. The van der Waals surface area contributed by atoms with Gasteiger partial charge in [0.15, 0.2) is 0 Å². The van der Waals surface area contributed by atoms with Crippen molar-refractivity contribution >= 4 is 5.83 Å². The molecule has 1 heteroatoms. The Morgan fingerprint density at radius 1 is 1.27 bits per heavy atom. The zero-order valence-electron chi connectivity index (χ0n) is 9.12. The summed E-state index contributed by atoms with van der Waals surface area (Å²) < 4.78 is 13.5. The Labute approximate surface area is 91.1 Å². The molecule has 0 fully saturated rings. The van der Waals surface area contributed by atoms with E-state index in [9.17, 15) is 4.39 Å². The molecule has 0 saturated heterocycles. The Bertz CT molecular complexity index is 322. The molecule has 0 atom stereocenters. The fraction of sp³-hybridized carbons (Fsp3) is 0.286. The largest absolute Gasteiger partial charge is 0.206 e. The standard InChI is InChI=1S/C14H17F/c1-2-3-4-5-9-12-14(15)13-10-7-6-8-11-13/h5-12H,2-4H2,1H3/b9-5+,14-12-. The summed E-state index contributed by atoms with van der Waals surface area (Å²) >= 11 is 0. The van der Waals surface area contributed by atoms with Crippen molar-refractivity contribution in [1.82, 2.24) is 0 Å². The van der Waals surface area contributed by atoms with Crippen molar-refractivity contribution < 1.29 is 4.39 Å². The molecule has 0 bridgehead atoms.